The summed E-state index contributed by atoms with van der Waals surface area (Å²) in [5.41, 5.74) is 3.62. The number of Topliss-reactive ketones (excluding diaryl/α,β-unsaturated/α-hetero) is 1. The fourth-order valence-electron chi connectivity index (χ4n) is 2.71. The van der Waals surface area contributed by atoms with Crippen molar-refractivity contribution in [2.75, 3.05) is 6.54 Å². The van der Waals surface area contributed by atoms with Gasteiger partial charge in [0.25, 0.3) is 0 Å². The van der Waals surface area contributed by atoms with Crippen LogP contribution in [-0.4, -0.2) is 22.2 Å². The number of carbonyl (C=O) groups is 1. The zero-order valence-corrected chi connectivity index (χ0v) is 11.5. The van der Waals surface area contributed by atoms with Crippen LogP contribution in [0.5, 0.6) is 0 Å². The molecule has 1 aliphatic rings. The van der Waals surface area contributed by atoms with Gasteiger partial charge in [0.1, 0.15) is 0 Å². The van der Waals surface area contributed by atoms with E-state index >= 15 is 0 Å². The molecule has 0 radical (unpaired) electrons. The summed E-state index contributed by atoms with van der Waals surface area (Å²) in [4.78, 5) is 18.3. The number of hydrogen-bond acceptors (Lipinski definition) is 3. The molecule has 2 aromatic rings. The molecule has 0 saturated carbocycles. The van der Waals surface area contributed by atoms with E-state index in [4.69, 9.17) is 0 Å². The summed E-state index contributed by atoms with van der Waals surface area (Å²) in [7, 11) is 0. The summed E-state index contributed by atoms with van der Waals surface area (Å²) in [5.74, 6) is 0.212. The lowest BCUT2D eigenvalue weighted by molar-refractivity contribution is 0.0974. The molecule has 102 valence electrons. The van der Waals surface area contributed by atoms with Gasteiger partial charge >= 0.3 is 0 Å². The Morgan fingerprint density at radius 3 is 2.35 bits per heavy atom. The summed E-state index contributed by atoms with van der Waals surface area (Å²) in [6.45, 7) is 3.00. The maximum absolute atomic E-state index is 12.0. The van der Waals surface area contributed by atoms with Crippen molar-refractivity contribution in [2.45, 2.75) is 25.9 Å². The lowest BCUT2D eigenvalue weighted by Crippen LogP contribution is -2.18. The van der Waals surface area contributed by atoms with Gasteiger partial charge in [-0.15, -0.1) is 0 Å². The highest BCUT2D eigenvalue weighted by Gasteiger charge is 2.17. The van der Waals surface area contributed by atoms with Gasteiger partial charge in [-0.1, -0.05) is 24.3 Å². The Labute approximate surface area is 119 Å². The van der Waals surface area contributed by atoms with Gasteiger partial charge in [-0.05, 0) is 36.2 Å². The fraction of sp³-hybridized carbons (Fsp3) is 0.294. The van der Waals surface area contributed by atoms with Crippen molar-refractivity contribution in [3.05, 3.63) is 65.5 Å². The molecular formula is C17H18N2O. The standard InChI is InChI=1S/C17H18N2O/c20-17(14-7-9-18-10-8-14)6-3-11-19-12-15-4-1-2-5-16(15)13-19/h1-2,4-5,7-10H,3,6,11-13H2. The minimum absolute atomic E-state index is 0.212. The molecule has 0 fully saturated rings. The van der Waals surface area contributed by atoms with Crippen molar-refractivity contribution < 1.29 is 4.79 Å². The van der Waals surface area contributed by atoms with Crippen LogP contribution in [-0.2, 0) is 13.1 Å². The third-order valence-corrected chi connectivity index (χ3v) is 3.79. The molecule has 0 N–H and O–H groups in total. The number of aromatic nitrogens is 1. The van der Waals surface area contributed by atoms with E-state index in [2.05, 4.69) is 34.1 Å². The van der Waals surface area contributed by atoms with Crippen molar-refractivity contribution in [3.8, 4) is 0 Å². The lowest BCUT2D eigenvalue weighted by Gasteiger charge is -2.13. The van der Waals surface area contributed by atoms with E-state index in [-0.39, 0.29) is 5.78 Å². The third-order valence-electron chi connectivity index (χ3n) is 3.79. The van der Waals surface area contributed by atoms with Crippen molar-refractivity contribution in [2.24, 2.45) is 0 Å². The van der Waals surface area contributed by atoms with Gasteiger partial charge in [0.15, 0.2) is 5.78 Å². The molecule has 0 atom stereocenters. The number of nitrogens with zero attached hydrogens (tertiary/aromatic N) is 2. The minimum Gasteiger partial charge on any atom is -0.295 e. The van der Waals surface area contributed by atoms with E-state index in [0.717, 1.165) is 31.6 Å². The number of carbonyl (C=O) groups excluding carboxylic acids is 1. The van der Waals surface area contributed by atoms with Crippen LogP contribution in [0.25, 0.3) is 0 Å². The van der Waals surface area contributed by atoms with Crippen LogP contribution in [0, 0.1) is 0 Å². The summed E-state index contributed by atoms with van der Waals surface area (Å²) in [5, 5.41) is 0. The zero-order valence-electron chi connectivity index (χ0n) is 11.5. The summed E-state index contributed by atoms with van der Waals surface area (Å²) >= 11 is 0. The van der Waals surface area contributed by atoms with Crippen molar-refractivity contribution in [1.82, 2.24) is 9.88 Å². The molecule has 1 aromatic carbocycles. The van der Waals surface area contributed by atoms with Gasteiger partial charge < -0.3 is 0 Å². The highest BCUT2D eigenvalue weighted by atomic mass is 16.1. The van der Waals surface area contributed by atoms with Crippen LogP contribution in [0.1, 0.15) is 34.3 Å². The Bertz CT molecular complexity index is 570. The van der Waals surface area contributed by atoms with Crippen LogP contribution >= 0.6 is 0 Å². The van der Waals surface area contributed by atoms with Gasteiger partial charge in [-0.25, -0.2) is 0 Å². The first kappa shape index (κ1) is 13.0. The fourth-order valence-corrected chi connectivity index (χ4v) is 2.71. The number of ketones is 1. The van der Waals surface area contributed by atoms with Crippen LogP contribution in [0.2, 0.25) is 0 Å². The summed E-state index contributed by atoms with van der Waals surface area (Å²) in [6.07, 6.45) is 4.86. The molecule has 3 nitrogen and oxygen atoms in total. The number of fused-ring (bicyclic) bond motifs is 1. The van der Waals surface area contributed by atoms with Crippen molar-refractivity contribution in [1.29, 1.82) is 0 Å². The molecule has 0 bridgehead atoms. The first-order valence-corrected chi connectivity index (χ1v) is 7.05. The maximum atomic E-state index is 12.0. The van der Waals surface area contributed by atoms with Crippen molar-refractivity contribution in [3.63, 3.8) is 0 Å². The Hall–Kier alpha value is -2.00. The van der Waals surface area contributed by atoms with Gasteiger partial charge in [-0.2, -0.15) is 0 Å². The van der Waals surface area contributed by atoms with Crippen LogP contribution in [0.15, 0.2) is 48.8 Å². The zero-order chi connectivity index (χ0) is 13.8. The van der Waals surface area contributed by atoms with E-state index in [9.17, 15) is 4.79 Å². The largest absolute Gasteiger partial charge is 0.295 e. The highest BCUT2D eigenvalue weighted by Crippen LogP contribution is 2.22. The van der Waals surface area contributed by atoms with Gasteiger partial charge in [0, 0.05) is 37.5 Å². The van der Waals surface area contributed by atoms with E-state index in [1.165, 1.54) is 11.1 Å². The topological polar surface area (TPSA) is 33.2 Å². The first-order chi connectivity index (χ1) is 9.83. The molecule has 1 aliphatic heterocycles. The average Bonchev–Trinajstić information content (AvgIpc) is 2.90. The quantitative estimate of drug-likeness (QED) is 0.780. The summed E-state index contributed by atoms with van der Waals surface area (Å²) in [6, 6.07) is 12.1. The SMILES string of the molecule is O=C(CCCN1Cc2ccccc2C1)c1ccncc1. The molecule has 0 unspecified atom stereocenters. The molecule has 1 aromatic heterocycles. The van der Waals surface area contributed by atoms with E-state index in [1.807, 2.05) is 0 Å². The van der Waals surface area contributed by atoms with Crippen LogP contribution in [0.3, 0.4) is 0 Å². The van der Waals surface area contributed by atoms with E-state index in [0.29, 0.717) is 6.42 Å². The number of rotatable bonds is 5. The van der Waals surface area contributed by atoms with Crippen molar-refractivity contribution >= 4 is 5.78 Å². The lowest BCUT2D eigenvalue weighted by atomic mass is 10.1. The monoisotopic (exact) mass is 266 g/mol. The molecule has 3 rings (SSSR count). The number of hydrogen-bond donors (Lipinski definition) is 0. The van der Waals surface area contributed by atoms with Gasteiger partial charge in [0.2, 0.25) is 0 Å². The second-order valence-electron chi connectivity index (χ2n) is 5.24. The predicted octanol–water partition coefficient (Wildman–Crippen LogP) is 3.06. The normalized spacial score (nSPS) is 14.2. The van der Waals surface area contributed by atoms with Gasteiger partial charge in [-0.3, -0.25) is 14.7 Å². The second kappa shape index (κ2) is 5.97. The Kier molecular flexibility index (Phi) is 3.88. The predicted molar refractivity (Wildman–Crippen MR) is 78.4 cm³/mol. The first-order valence-electron chi connectivity index (χ1n) is 7.05. The Balaban J connectivity index is 1.47. The average molecular weight is 266 g/mol. The number of benzene rings is 1. The van der Waals surface area contributed by atoms with E-state index in [1.54, 1.807) is 24.5 Å². The molecule has 0 aliphatic carbocycles. The second-order valence-corrected chi connectivity index (χ2v) is 5.24. The smallest absolute Gasteiger partial charge is 0.163 e. The Morgan fingerprint density at radius 2 is 1.70 bits per heavy atom. The summed E-state index contributed by atoms with van der Waals surface area (Å²) < 4.78 is 0. The Morgan fingerprint density at radius 1 is 1.05 bits per heavy atom. The molecular weight excluding hydrogens is 248 g/mol. The van der Waals surface area contributed by atoms with Crippen LogP contribution in [0.4, 0.5) is 0 Å². The maximum Gasteiger partial charge on any atom is 0.163 e. The highest BCUT2D eigenvalue weighted by molar-refractivity contribution is 5.95. The molecule has 2 heterocycles. The molecule has 0 amide bonds. The molecule has 20 heavy (non-hydrogen) atoms. The minimum atomic E-state index is 0.212. The van der Waals surface area contributed by atoms with Crippen LogP contribution < -0.4 is 0 Å². The van der Waals surface area contributed by atoms with Gasteiger partial charge in [0.05, 0.1) is 0 Å². The molecule has 3 heteroatoms. The molecule has 0 saturated heterocycles. The molecule has 0 spiro atoms. The number of pyridine rings is 1. The van der Waals surface area contributed by atoms with E-state index < -0.39 is 0 Å². The third kappa shape index (κ3) is 2.94.